The number of carboxylic acids is 1. The summed E-state index contributed by atoms with van der Waals surface area (Å²) in [6.07, 6.45) is -1.08. The number of hydrogen-bond donors (Lipinski definition) is 3. The van der Waals surface area contributed by atoms with Crippen LogP contribution in [0, 0.1) is 0 Å². The molecular weight excluding hydrogens is 270 g/mol. The molecule has 2 aromatic rings. The van der Waals surface area contributed by atoms with E-state index >= 15 is 0 Å². The maximum Gasteiger partial charge on any atom is 0.328 e. The van der Waals surface area contributed by atoms with Crippen molar-refractivity contribution in [1.82, 2.24) is 5.32 Å². The summed E-state index contributed by atoms with van der Waals surface area (Å²) in [7, 11) is 0. The van der Waals surface area contributed by atoms with Crippen LogP contribution in [0.15, 0.2) is 42.5 Å². The summed E-state index contributed by atoms with van der Waals surface area (Å²) in [5.41, 5.74) is 0.793. The van der Waals surface area contributed by atoms with Gasteiger partial charge < -0.3 is 15.5 Å². The van der Waals surface area contributed by atoms with Gasteiger partial charge in [0.25, 0.3) is 0 Å². The molecule has 0 aliphatic heterocycles. The Bertz CT molecular complexity index is 666. The number of aliphatic hydroxyl groups excluding tert-OH is 1. The van der Waals surface area contributed by atoms with Crippen molar-refractivity contribution in [2.24, 2.45) is 0 Å². The van der Waals surface area contributed by atoms with Gasteiger partial charge in [-0.05, 0) is 23.3 Å². The number of amides is 1. The number of aliphatic carboxylic acids is 1. The number of carbonyl (C=O) groups excluding carboxylic acids is 1. The lowest BCUT2D eigenvalue weighted by atomic mass is 10.0. The predicted octanol–water partition coefficient (Wildman–Crippen LogP) is 1.33. The minimum absolute atomic E-state index is 0.0708. The summed E-state index contributed by atoms with van der Waals surface area (Å²) in [5.74, 6) is -1.68. The average Bonchev–Trinajstić information content (AvgIpc) is 2.44. The molecule has 21 heavy (non-hydrogen) atoms. The molecule has 110 valence electrons. The summed E-state index contributed by atoms with van der Waals surface area (Å²) >= 11 is 0. The number of fused-ring (bicyclic) bond motifs is 1. The molecule has 2 unspecified atom stereocenters. The third kappa shape index (κ3) is 3.79. The van der Waals surface area contributed by atoms with E-state index in [9.17, 15) is 14.7 Å². The van der Waals surface area contributed by atoms with Crippen molar-refractivity contribution in [1.29, 1.82) is 0 Å². The van der Waals surface area contributed by atoms with Gasteiger partial charge in [-0.1, -0.05) is 42.5 Å². The molecule has 5 heteroatoms. The molecule has 0 spiro atoms. The highest BCUT2D eigenvalue weighted by Gasteiger charge is 2.24. The number of carboxylic acid groups (broad SMARTS) is 1. The Morgan fingerprint density at radius 2 is 1.81 bits per heavy atom. The molecular formula is C16H17NO4. The van der Waals surface area contributed by atoms with Crippen molar-refractivity contribution >= 4 is 22.6 Å². The van der Waals surface area contributed by atoms with Crippen molar-refractivity contribution in [2.75, 3.05) is 0 Å². The number of aliphatic hydroxyl groups is 1. The van der Waals surface area contributed by atoms with Gasteiger partial charge in [0.15, 0.2) is 6.04 Å². The van der Waals surface area contributed by atoms with Gasteiger partial charge in [-0.3, -0.25) is 4.79 Å². The standard InChI is InChI=1S/C16H17NO4/c1-10(18)15(16(20)21)17-14(19)9-11-6-7-12-4-2-3-5-13(12)8-11/h2-8,10,15,18H,9H2,1H3,(H,17,19)(H,20,21). The van der Waals surface area contributed by atoms with E-state index in [1.54, 1.807) is 0 Å². The second kappa shape index (κ2) is 6.37. The number of benzene rings is 2. The van der Waals surface area contributed by atoms with Crippen molar-refractivity contribution < 1.29 is 19.8 Å². The fourth-order valence-electron chi connectivity index (χ4n) is 2.15. The van der Waals surface area contributed by atoms with E-state index in [0.29, 0.717) is 0 Å². The Morgan fingerprint density at radius 1 is 1.14 bits per heavy atom. The summed E-state index contributed by atoms with van der Waals surface area (Å²) in [6, 6.07) is 12.1. The molecule has 2 rings (SSSR count). The Balaban J connectivity index is 2.08. The van der Waals surface area contributed by atoms with Crippen LogP contribution >= 0.6 is 0 Å². The number of nitrogens with one attached hydrogen (secondary N) is 1. The van der Waals surface area contributed by atoms with Crippen LogP contribution in [0.25, 0.3) is 10.8 Å². The van der Waals surface area contributed by atoms with Gasteiger partial charge in [0, 0.05) is 0 Å². The molecule has 0 bridgehead atoms. The lowest BCUT2D eigenvalue weighted by Crippen LogP contribution is -2.48. The first-order chi connectivity index (χ1) is 9.97. The summed E-state index contributed by atoms with van der Waals surface area (Å²) < 4.78 is 0. The normalized spacial score (nSPS) is 13.6. The molecule has 0 radical (unpaired) electrons. The van der Waals surface area contributed by atoms with Gasteiger partial charge in [-0.25, -0.2) is 4.79 Å². The minimum atomic E-state index is -1.29. The van der Waals surface area contributed by atoms with Crippen molar-refractivity contribution in [3.63, 3.8) is 0 Å². The summed E-state index contributed by atoms with van der Waals surface area (Å²) in [5, 5.41) is 22.7. The van der Waals surface area contributed by atoms with Crippen LogP contribution in [-0.2, 0) is 16.0 Å². The number of rotatable bonds is 5. The van der Waals surface area contributed by atoms with Gasteiger partial charge in [-0.2, -0.15) is 0 Å². The minimum Gasteiger partial charge on any atom is -0.480 e. The highest BCUT2D eigenvalue weighted by atomic mass is 16.4. The van der Waals surface area contributed by atoms with Gasteiger partial charge in [-0.15, -0.1) is 0 Å². The first-order valence-electron chi connectivity index (χ1n) is 6.65. The lowest BCUT2D eigenvalue weighted by molar-refractivity contribution is -0.144. The van der Waals surface area contributed by atoms with Crippen LogP contribution in [-0.4, -0.2) is 34.2 Å². The van der Waals surface area contributed by atoms with E-state index in [4.69, 9.17) is 5.11 Å². The maximum absolute atomic E-state index is 11.9. The second-order valence-electron chi connectivity index (χ2n) is 4.98. The van der Waals surface area contributed by atoms with Crippen LogP contribution in [0.5, 0.6) is 0 Å². The molecule has 0 aliphatic rings. The summed E-state index contributed by atoms with van der Waals surface area (Å²) in [4.78, 5) is 22.8. The molecule has 5 nitrogen and oxygen atoms in total. The predicted molar refractivity (Wildman–Crippen MR) is 78.9 cm³/mol. The fraction of sp³-hybridized carbons (Fsp3) is 0.250. The van der Waals surface area contributed by atoms with Crippen LogP contribution in [0.2, 0.25) is 0 Å². The molecule has 0 aromatic heterocycles. The van der Waals surface area contributed by atoms with Crippen LogP contribution in [0.3, 0.4) is 0 Å². The monoisotopic (exact) mass is 287 g/mol. The third-order valence-electron chi connectivity index (χ3n) is 3.24. The SMILES string of the molecule is CC(O)C(NC(=O)Cc1ccc2ccccc2c1)C(=O)O. The zero-order valence-corrected chi connectivity index (χ0v) is 11.6. The van der Waals surface area contributed by atoms with E-state index in [0.717, 1.165) is 16.3 Å². The van der Waals surface area contributed by atoms with E-state index in [-0.39, 0.29) is 6.42 Å². The van der Waals surface area contributed by atoms with E-state index in [1.165, 1.54) is 6.92 Å². The topological polar surface area (TPSA) is 86.6 Å². The largest absolute Gasteiger partial charge is 0.480 e. The molecule has 2 aromatic carbocycles. The van der Waals surface area contributed by atoms with Crippen LogP contribution in [0.1, 0.15) is 12.5 Å². The first kappa shape index (κ1) is 15.0. The molecule has 3 N–H and O–H groups in total. The second-order valence-corrected chi connectivity index (χ2v) is 4.98. The average molecular weight is 287 g/mol. The van der Waals surface area contributed by atoms with Crippen LogP contribution in [0.4, 0.5) is 0 Å². The Morgan fingerprint density at radius 3 is 2.43 bits per heavy atom. The molecule has 0 heterocycles. The first-order valence-corrected chi connectivity index (χ1v) is 6.65. The highest BCUT2D eigenvalue weighted by Crippen LogP contribution is 2.16. The Hall–Kier alpha value is -2.40. The van der Waals surface area contributed by atoms with E-state index in [1.807, 2.05) is 42.5 Å². The molecule has 1 amide bonds. The quantitative estimate of drug-likeness (QED) is 0.774. The van der Waals surface area contributed by atoms with Crippen molar-refractivity contribution in [3.8, 4) is 0 Å². The van der Waals surface area contributed by atoms with Crippen molar-refractivity contribution in [3.05, 3.63) is 48.0 Å². The van der Waals surface area contributed by atoms with Crippen LogP contribution < -0.4 is 5.32 Å². The third-order valence-corrected chi connectivity index (χ3v) is 3.24. The number of carbonyl (C=O) groups is 2. The molecule has 0 saturated carbocycles. The zero-order valence-electron chi connectivity index (χ0n) is 11.6. The van der Waals surface area contributed by atoms with Crippen molar-refractivity contribution in [2.45, 2.75) is 25.5 Å². The smallest absolute Gasteiger partial charge is 0.328 e. The lowest BCUT2D eigenvalue weighted by Gasteiger charge is -2.17. The summed E-state index contributed by atoms with van der Waals surface area (Å²) in [6.45, 7) is 1.33. The van der Waals surface area contributed by atoms with E-state index in [2.05, 4.69) is 5.32 Å². The molecule has 0 aliphatic carbocycles. The maximum atomic E-state index is 11.9. The molecule has 0 fully saturated rings. The van der Waals surface area contributed by atoms with Gasteiger partial charge in [0.05, 0.1) is 12.5 Å². The number of hydrogen-bond acceptors (Lipinski definition) is 3. The fourth-order valence-corrected chi connectivity index (χ4v) is 2.15. The molecule has 0 saturated heterocycles. The Kier molecular flexibility index (Phi) is 4.55. The Labute approximate surface area is 122 Å². The zero-order chi connectivity index (χ0) is 15.4. The van der Waals surface area contributed by atoms with Gasteiger partial charge in [0.2, 0.25) is 5.91 Å². The van der Waals surface area contributed by atoms with Gasteiger partial charge in [0.1, 0.15) is 0 Å². The van der Waals surface area contributed by atoms with E-state index < -0.39 is 24.0 Å². The van der Waals surface area contributed by atoms with Gasteiger partial charge >= 0.3 is 5.97 Å². The molecule has 2 atom stereocenters. The highest BCUT2D eigenvalue weighted by molar-refractivity contribution is 5.87.